The van der Waals surface area contributed by atoms with Gasteiger partial charge in [-0.25, -0.2) is 9.78 Å². The Bertz CT molecular complexity index is 1750. The molecule has 0 unspecified atom stereocenters. The van der Waals surface area contributed by atoms with Gasteiger partial charge in [-0.05, 0) is 66.0 Å². The number of benzene rings is 1. The van der Waals surface area contributed by atoms with Crippen LogP contribution in [-0.2, 0) is 27.2 Å². The Morgan fingerprint density at radius 3 is 2.29 bits per heavy atom. The number of nitrogens with zero attached hydrogens (tertiary/aromatic N) is 1. The number of amides is 2. The summed E-state index contributed by atoms with van der Waals surface area (Å²) in [6, 6.07) is 5.51. The van der Waals surface area contributed by atoms with Crippen LogP contribution >= 0.6 is 11.3 Å². The highest BCUT2D eigenvalue weighted by Gasteiger charge is 2.31. The maximum atomic E-state index is 13.9. The SMILES string of the molecule is COC(=O)c1nc(NC(=O)[C@@H](Nc2ccc3c(cc2=O)[C@H](NC(C)=O)CCc2cc(OC)c(OC)c(OC)c2-3)C(C)C)sc1CC(C)C. The van der Waals surface area contributed by atoms with Crippen LogP contribution in [0.1, 0.15) is 73.6 Å². The van der Waals surface area contributed by atoms with Crippen molar-refractivity contribution in [3.05, 3.63) is 56.2 Å². The summed E-state index contributed by atoms with van der Waals surface area (Å²) >= 11 is 1.22. The molecule has 1 heterocycles. The average molecular weight is 681 g/mol. The number of fused-ring (bicyclic) bond motifs is 3. The van der Waals surface area contributed by atoms with E-state index in [0.29, 0.717) is 47.6 Å². The molecule has 48 heavy (non-hydrogen) atoms. The van der Waals surface area contributed by atoms with Gasteiger partial charge in [-0.3, -0.25) is 14.4 Å². The minimum absolute atomic E-state index is 0.178. The third kappa shape index (κ3) is 7.73. The van der Waals surface area contributed by atoms with Crippen LogP contribution in [0, 0.1) is 11.8 Å². The Morgan fingerprint density at radius 2 is 1.71 bits per heavy atom. The molecule has 0 spiro atoms. The summed E-state index contributed by atoms with van der Waals surface area (Å²) < 4.78 is 22.0. The van der Waals surface area contributed by atoms with E-state index in [1.165, 1.54) is 45.7 Å². The van der Waals surface area contributed by atoms with Gasteiger partial charge in [0.15, 0.2) is 22.3 Å². The summed E-state index contributed by atoms with van der Waals surface area (Å²) in [4.78, 5) is 57.3. The molecule has 13 heteroatoms. The monoisotopic (exact) mass is 680 g/mol. The molecule has 3 N–H and O–H groups in total. The first-order valence-corrected chi connectivity index (χ1v) is 16.6. The third-order valence-electron chi connectivity index (χ3n) is 8.08. The first-order valence-electron chi connectivity index (χ1n) is 15.8. The molecule has 4 rings (SSSR count). The number of carbonyl (C=O) groups excluding carboxylic acids is 3. The first-order chi connectivity index (χ1) is 22.8. The molecule has 0 bridgehead atoms. The van der Waals surface area contributed by atoms with Crippen molar-refractivity contribution >= 4 is 39.9 Å². The fourth-order valence-electron chi connectivity index (χ4n) is 5.88. The van der Waals surface area contributed by atoms with E-state index in [0.717, 1.165) is 16.0 Å². The quantitative estimate of drug-likeness (QED) is 0.213. The van der Waals surface area contributed by atoms with Crippen LogP contribution in [0.15, 0.2) is 29.1 Å². The van der Waals surface area contributed by atoms with Crippen molar-refractivity contribution in [2.24, 2.45) is 11.8 Å². The van der Waals surface area contributed by atoms with E-state index >= 15 is 0 Å². The number of rotatable bonds is 12. The molecule has 1 aliphatic carbocycles. The minimum Gasteiger partial charge on any atom is -0.493 e. The highest BCUT2D eigenvalue weighted by molar-refractivity contribution is 7.16. The maximum absolute atomic E-state index is 13.9. The molecule has 3 aromatic rings. The van der Waals surface area contributed by atoms with Crippen LogP contribution in [-0.4, -0.2) is 57.2 Å². The van der Waals surface area contributed by atoms with E-state index in [2.05, 4.69) is 20.9 Å². The number of methoxy groups -OCH3 is 4. The second-order valence-electron chi connectivity index (χ2n) is 12.3. The van der Waals surface area contributed by atoms with E-state index in [9.17, 15) is 19.2 Å². The molecule has 1 aliphatic rings. The van der Waals surface area contributed by atoms with Gasteiger partial charge in [-0.15, -0.1) is 11.3 Å². The number of hydrogen-bond acceptors (Lipinski definition) is 11. The van der Waals surface area contributed by atoms with Crippen LogP contribution < -0.4 is 35.6 Å². The Labute approximate surface area is 284 Å². The summed E-state index contributed by atoms with van der Waals surface area (Å²) in [7, 11) is 5.90. The van der Waals surface area contributed by atoms with Gasteiger partial charge < -0.3 is 34.9 Å². The smallest absolute Gasteiger partial charge is 0.357 e. The second-order valence-corrected chi connectivity index (χ2v) is 13.4. The molecule has 2 aromatic carbocycles. The number of esters is 1. The lowest BCUT2D eigenvalue weighted by Crippen LogP contribution is -2.39. The number of nitrogens with one attached hydrogen (secondary N) is 3. The van der Waals surface area contributed by atoms with Crippen LogP contribution in [0.2, 0.25) is 0 Å². The molecule has 12 nitrogen and oxygen atoms in total. The number of aryl methyl sites for hydroxylation is 1. The highest BCUT2D eigenvalue weighted by Crippen LogP contribution is 2.50. The van der Waals surface area contributed by atoms with Crippen molar-refractivity contribution in [3.63, 3.8) is 0 Å². The standard InChI is InChI=1S/C35H44N4O8S/c1-17(2)14-27-30(34(43)47-9)38-35(48-27)39-33(42)29(18(3)4)37-24-13-11-21-22(16-25(24)41)23(36-19(5)40)12-10-20-15-26(44-6)31(45-7)32(46-8)28(20)21/h11,13,15-18,23,29H,10,12,14H2,1-9H3,(H,36,40)(H,37,41)(H,38,39,42)/t23-,29+/m1/s1. The number of anilines is 2. The Hall–Kier alpha value is -4.65. The molecule has 0 saturated carbocycles. The number of hydrogen-bond donors (Lipinski definition) is 3. The molecule has 258 valence electrons. The van der Waals surface area contributed by atoms with Crippen molar-refractivity contribution in [2.45, 2.75) is 66.0 Å². The molecule has 0 radical (unpaired) electrons. The zero-order valence-corrected chi connectivity index (χ0v) is 29.7. The third-order valence-corrected chi connectivity index (χ3v) is 9.07. The summed E-state index contributed by atoms with van der Waals surface area (Å²) in [5, 5.41) is 9.26. The van der Waals surface area contributed by atoms with E-state index in [4.69, 9.17) is 18.9 Å². The van der Waals surface area contributed by atoms with Gasteiger partial charge in [0, 0.05) is 17.4 Å². The lowest BCUT2D eigenvalue weighted by Gasteiger charge is -2.21. The predicted molar refractivity (Wildman–Crippen MR) is 186 cm³/mol. The van der Waals surface area contributed by atoms with Gasteiger partial charge >= 0.3 is 5.97 Å². The molecular weight excluding hydrogens is 636 g/mol. The van der Waals surface area contributed by atoms with Gasteiger partial charge in [-0.2, -0.15) is 0 Å². The van der Waals surface area contributed by atoms with Gasteiger partial charge in [0.1, 0.15) is 6.04 Å². The molecule has 0 saturated heterocycles. The summed E-state index contributed by atoms with van der Waals surface area (Å²) in [6.45, 7) is 9.21. The van der Waals surface area contributed by atoms with E-state index in [1.807, 2.05) is 33.8 Å². The van der Waals surface area contributed by atoms with Crippen molar-refractivity contribution < 1.29 is 33.3 Å². The zero-order chi connectivity index (χ0) is 35.3. The number of ether oxygens (including phenoxy) is 4. The molecular formula is C35H44N4O8S. The van der Waals surface area contributed by atoms with Gasteiger partial charge in [0.2, 0.25) is 23.0 Å². The minimum atomic E-state index is -0.837. The number of thiazole rings is 1. The van der Waals surface area contributed by atoms with Crippen molar-refractivity contribution in [1.29, 1.82) is 0 Å². The fourth-order valence-corrected chi connectivity index (χ4v) is 7.05. The maximum Gasteiger partial charge on any atom is 0.357 e. The Kier molecular flexibility index (Phi) is 11.7. The average Bonchev–Trinajstić information content (AvgIpc) is 3.27. The van der Waals surface area contributed by atoms with Crippen LogP contribution in [0.5, 0.6) is 17.2 Å². The largest absolute Gasteiger partial charge is 0.493 e. The summed E-state index contributed by atoms with van der Waals surface area (Å²) in [5.41, 5.74) is 2.90. The normalized spacial score (nSPS) is 14.3. The second kappa shape index (κ2) is 15.5. The van der Waals surface area contributed by atoms with E-state index in [-0.39, 0.29) is 39.7 Å². The Balaban J connectivity index is 1.79. The lowest BCUT2D eigenvalue weighted by atomic mass is 9.95. The predicted octanol–water partition coefficient (Wildman–Crippen LogP) is 5.38. The summed E-state index contributed by atoms with van der Waals surface area (Å²) in [6.07, 6.45) is 1.68. The number of aromatic nitrogens is 1. The summed E-state index contributed by atoms with van der Waals surface area (Å²) in [5.74, 6) is 0.137. The molecule has 1 aromatic heterocycles. The zero-order valence-electron chi connectivity index (χ0n) is 28.9. The molecule has 0 aliphatic heterocycles. The highest BCUT2D eigenvalue weighted by atomic mass is 32.1. The van der Waals surface area contributed by atoms with Crippen LogP contribution in [0.4, 0.5) is 10.8 Å². The van der Waals surface area contributed by atoms with E-state index in [1.54, 1.807) is 19.2 Å². The van der Waals surface area contributed by atoms with Gasteiger partial charge in [-0.1, -0.05) is 33.8 Å². The number of carbonyl (C=O) groups is 3. The van der Waals surface area contributed by atoms with Crippen molar-refractivity contribution in [2.75, 3.05) is 39.1 Å². The van der Waals surface area contributed by atoms with Crippen LogP contribution in [0.25, 0.3) is 11.1 Å². The fraction of sp³-hybridized carbons (Fsp3) is 0.457. The molecule has 2 amide bonds. The topological polar surface area (TPSA) is 154 Å². The van der Waals surface area contributed by atoms with E-state index < -0.39 is 24.0 Å². The van der Waals surface area contributed by atoms with Crippen LogP contribution in [0.3, 0.4) is 0 Å². The van der Waals surface area contributed by atoms with Gasteiger partial charge in [0.25, 0.3) is 0 Å². The Morgan fingerprint density at radius 1 is 1.00 bits per heavy atom. The molecule has 2 atom stereocenters. The van der Waals surface area contributed by atoms with Crippen molar-refractivity contribution in [1.82, 2.24) is 10.3 Å². The first kappa shape index (κ1) is 36.2. The van der Waals surface area contributed by atoms with Crippen molar-refractivity contribution in [3.8, 4) is 28.4 Å². The van der Waals surface area contributed by atoms with Gasteiger partial charge in [0.05, 0.1) is 40.2 Å². The molecule has 0 fully saturated rings. The lowest BCUT2D eigenvalue weighted by molar-refractivity contribution is -0.120.